The number of aliphatic hydroxyl groups is 1. The Morgan fingerprint density at radius 3 is 2.73 bits per heavy atom. The van der Waals surface area contributed by atoms with E-state index in [2.05, 4.69) is 10.1 Å². The van der Waals surface area contributed by atoms with Crippen molar-refractivity contribution in [1.82, 2.24) is 10.2 Å². The summed E-state index contributed by atoms with van der Waals surface area (Å²) in [5.74, 6) is 0. The summed E-state index contributed by atoms with van der Waals surface area (Å²) in [6, 6.07) is 0. The van der Waals surface area contributed by atoms with Crippen LogP contribution in [0.5, 0.6) is 0 Å². The first-order valence-corrected chi connectivity index (χ1v) is 3.58. The van der Waals surface area contributed by atoms with Crippen LogP contribution in [0, 0.1) is 0 Å². The monoisotopic (exact) mass is 160 g/mol. The minimum absolute atomic E-state index is 0.436. The molecule has 0 aromatic heterocycles. The predicted molar refractivity (Wildman–Crippen MR) is 38.0 cm³/mol. The normalized spacial score (nSPS) is 18.1. The van der Waals surface area contributed by atoms with E-state index >= 15 is 0 Å². The van der Waals surface area contributed by atoms with Gasteiger partial charge in [-0.3, -0.25) is 0 Å². The number of piperazine rings is 1. The number of carbonyl (C=O) groups excluding carboxylic acids is 1. The first kappa shape index (κ1) is 8.29. The molecule has 1 aliphatic heterocycles. The highest BCUT2D eigenvalue weighted by atomic mass is 16.6. The van der Waals surface area contributed by atoms with Gasteiger partial charge in [0.05, 0.1) is 0 Å². The van der Waals surface area contributed by atoms with Crippen molar-refractivity contribution in [2.75, 3.05) is 33.0 Å². The van der Waals surface area contributed by atoms with Gasteiger partial charge in [0, 0.05) is 26.2 Å². The number of rotatable bonds is 1. The number of aliphatic hydroxyl groups excluding tert-OH is 1. The first-order valence-electron chi connectivity index (χ1n) is 3.58. The van der Waals surface area contributed by atoms with Crippen molar-refractivity contribution < 1.29 is 14.6 Å². The molecule has 5 nitrogen and oxygen atoms in total. The maximum atomic E-state index is 10.9. The average Bonchev–Trinajstić information content (AvgIpc) is 2.07. The van der Waals surface area contributed by atoms with Crippen molar-refractivity contribution >= 4 is 6.09 Å². The van der Waals surface area contributed by atoms with Gasteiger partial charge in [-0.2, -0.15) is 0 Å². The van der Waals surface area contributed by atoms with Gasteiger partial charge in [0.25, 0.3) is 0 Å². The molecule has 0 spiro atoms. The second kappa shape index (κ2) is 4.15. The molecule has 1 aliphatic rings. The number of hydrogen-bond acceptors (Lipinski definition) is 4. The van der Waals surface area contributed by atoms with Gasteiger partial charge in [-0.25, -0.2) is 4.79 Å². The van der Waals surface area contributed by atoms with Crippen molar-refractivity contribution in [2.45, 2.75) is 0 Å². The molecule has 1 heterocycles. The molecule has 11 heavy (non-hydrogen) atoms. The zero-order valence-electron chi connectivity index (χ0n) is 6.25. The van der Waals surface area contributed by atoms with Gasteiger partial charge in [-0.05, 0) is 0 Å². The van der Waals surface area contributed by atoms with Gasteiger partial charge in [0.1, 0.15) is 0 Å². The average molecular weight is 160 g/mol. The fraction of sp³-hybridized carbons (Fsp3) is 0.833. The molecular weight excluding hydrogens is 148 g/mol. The van der Waals surface area contributed by atoms with Gasteiger partial charge in [0.2, 0.25) is 0 Å². The maximum absolute atomic E-state index is 10.9. The summed E-state index contributed by atoms with van der Waals surface area (Å²) >= 11 is 0. The van der Waals surface area contributed by atoms with Crippen LogP contribution in [0.1, 0.15) is 0 Å². The van der Waals surface area contributed by atoms with E-state index in [1.165, 1.54) is 0 Å². The zero-order valence-corrected chi connectivity index (χ0v) is 6.25. The van der Waals surface area contributed by atoms with E-state index in [4.69, 9.17) is 5.11 Å². The maximum Gasteiger partial charge on any atom is 0.411 e. The lowest BCUT2D eigenvalue weighted by atomic mass is 10.4. The highest BCUT2D eigenvalue weighted by Gasteiger charge is 2.16. The van der Waals surface area contributed by atoms with Crippen LogP contribution in [0.4, 0.5) is 4.79 Å². The summed E-state index contributed by atoms with van der Waals surface area (Å²) in [5, 5.41) is 11.4. The van der Waals surface area contributed by atoms with Crippen LogP contribution >= 0.6 is 0 Å². The van der Waals surface area contributed by atoms with Gasteiger partial charge < -0.3 is 20.1 Å². The quantitative estimate of drug-likeness (QED) is 0.482. The minimum Gasteiger partial charge on any atom is -0.422 e. The van der Waals surface area contributed by atoms with Crippen molar-refractivity contribution in [2.24, 2.45) is 0 Å². The predicted octanol–water partition coefficient (Wildman–Crippen LogP) is -1.02. The smallest absolute Gasteiger partial charge is 0.411 e. The van der Waals surface area contributed by atoms with Crippen molar-refractivity contribution in [3.8, 4) is 0 Å². The number of ether oxygens (including phenoxy) is 1. The number of hydrogen-bond donors (Lipinski definition) is 2. The number of carbonyl (C=O) groups is 1. The largest absolute Gasteiger partial charge is 0.422 e. The Morgan fingerprint density at radius 1 is 1.55 bits per heavy atom. The van der Waals surface area contributed by atoms with Crippen molar-refractivity contribution in [1.29, 1.82) is 0 Å². The third-order valence-corrected chi connectivity index (χ3v) is 1.56. The molecule has 0 atom stereocenters. The van der Waals surface area contributed by atoms with Crippen molar-refractivity contribution in [3.63, 3.8) is 0 Å². The van der Waals surface area contributed by atoms with Gasteiger partial charge in [-0.1, -0.05) is 0 Å². The lowest BCUT2D eigenvalue weighted by Crippen LogP contribution is -2.46. The fourth-order valence-corrected chi connectivity index (χ4v) is 0.994. The first-order chi connectivity index (χ1) is 5.34. The zero-order chi connectivity index (χ0) is 8.10. The molecule has 0 radical (unpaired) electrons. The molecule has 0 bridgehead atoms. The molecule has 0 unspecified atom stereocenters. The molecule has 1 amide bonds. The van der Waals surface area contributed by atoms with E-state index in [0.717, 1.165) is 13.1 Å². The lowest BCUT2D eigenvalue weighted by Gasteiger charge is -2.25. The Morgan fingerprint density at radius 2 is 2.18 bits per heavy atom. The van der Waals surface area contributed by atoms with Crippen LogP contribution in [0.25, 0.3) is 0 Å². The van der Waals surface area contributed by atoms with Gasteiger partial charge >= 0.3 is 6.09 Å². The lowest BCUT2D eigenvalue weighted by molar-refractivity contribution is 0.0204. The molecule has 1 saturated heterocycles. The van der Waals surface area contributed by atoms with Gasteiger partial charge in [-0.15, -0.1) is 0 Å². The summed E-state index contributed by atoms with van der Waals surface area (Å²) in [6.45, 7) is 2.35. The standard InChI is InChI=1S/C6H12N2O3/c9-5-11-6(10)8-3-1-7-2-4-8/h7,9H,1-5H2. The highest BCUT2D eigenvalue weighted by Crippen LogP contribution is 1.95. The minimum atomic E-state index is -0.539. The second-order valence-corrected chi connectivity index (χ2v) is 2.28. The van der Waals surface area contributed by atoms with Crippen LogP contribution in [-0.4, -0.2) is 49.1 Å². The molecule has 64 valence electrons. The van der Waals surface area contributed by atoms with E-state index in [1.807, 2.05) is 0 Å². The molecule has 1 fully saturated rings. The Labute approximate surface area is 64.9 Å². The third-order valence-electron chi connectivity index (χ3n) is 1.56. The van der Waals surface area contributed by atoms with E-state index in [1.54, 1.807) is 4.90 Å². The highest BCUT2D eigenvalue weighted by molar-refractivity contribution is 5.67. The van der Waals surface area contributed by atoms with Gasteiger partial charge in [0.15, 0.2) is 6.79 Å². The van der Waals surface area contributed by atoms with Crippen LogP contribution < -0.4 is 5.32 Å². The number of nitrogens with zero attached hydrogens (tertiary/aromatic N) is 1. The van der Waals surface area contributed by atoms with E-state index in [0.29, 0.717) is 13.1 Å². The summed E-state index contributed by atoms with van der Waals surface area (Å²) in [7, 11) is 0. The summed E-state index contributed by atoms with van der Waals surface area (Å²) < 4.78 is 4.40. The Kier molecular flexibility index (Phi) is 3.13. The molecule has 0 saturated carbocycles. The summed E-state index contributed by atoms with van der Waals surface area (Å²) in [4.78, 5) is 12.5. The molecule has 0 aromatic carbocycles. The Bertz CT molecular complexity index is 134. The fourth-order valence-electron chi connectivity index (χ4n) is 0.994. The molecule has 2 N–H and O–H groups in total. The molecule has 5 heteroatoms. The van der Waals surface area contributed by atoms with E-state index < -0.39 is 12.9 Å². The number of amides is 1. The van der Waals surface area contributed by atoms with Crippen LogP contribution in [0.15, 0.2) is 0 Å². The Balaban J connectivity index is 2.27. The number of nitrogens with one attached hydrogen (secondary N) is 1. The molecule has 1 rings (SSSR count). The van der Waals surface area contributed by atoms with E-state index in [-0.39, 0.29) is 0 Å². The Hall–Kier alpha value is -0.810. The van der Waals surface area contributed by atoms with Crippen LogP contribution in [-0.2, 0) is 4.74 Å². The molecule has 0 aromatic rings. The summed E-state index contributed by atoms with van der Waals surface area (Å²) in [6.07, 6.45) is -0.436. The van der Waals surface area contributed by atoms with Crippen LogP contribution in [0.3, 0.4) is 0 Å². The SMILES string of the molecule is O=C(OCO)N1CCNCC1. The topological polar surface area (TPSA) is 61.8 Å². The third kappa shape index (κ3) is 2.36. The molecular formula is C6H12N2O3. The van der Waals surface area contributed by atoms with E-state index in [9.17, 15) is 4.79 Å². The summed E-state index contributed by atoms with van der Waals surface area (Å²) in [5.41, 5.74) is 0. The second-order valence-electron chi connectivity index (χ2n) is 2.28. The molecule has 0 aliphatic carbocycles. The van der Waals surface area contributed by atoms with Crippen molar-refractivity contribution in [3.05, 3.63) is 0 Å². The van der Waals surface area contributed by atoms with Crippen LogP contribution in [0.2, 0.25) is 0 Å².